The Morgan fingerprint density at radius 3 is 2.36 bits per heavy atom. The van der Waals surface area contributed by atoms with E-state index in [9.17, 15) is 14.7 Å². The molecule has 6 heteroatoms. The van der Waals surface area contributed by atoms with E-state index in [1.807, 2.05) is 23.6 Å². The summed E-state index contributed by atoms with van der Waals surface area (Å²) < 4.78 is 0. The van der Waals surface area contributed by atoms with Gasteiger partial charge in [-0.25, -0.2) is 0 Å². The quantitative estimate of drug-likeness (QED) is 0.374. The van der Waals surface area contributed by atoms with Crippen LogP contribution in [0.5, 0.6) is 0 Å². The van der Waals surface area contributed by atoms with E-state index >= 15 is 0 Å². The lowest BCUT2D eigenvalue weighted by Gasteiger charge is -2.25. The van der Waals surface area contributed by atoms with E-state index in [1.54, 1.807) is 48.5 Å². The average Bonchev–Trinajstić information content (AvgIpc) is 3.31. The lowest BCUT2D eigenvalue weighted by molar-refractivity contribution is -0.140. The summed E-state index contributed by atoms with van der Waals surface area (Å²) in [5, 5.41) is 13.4. The number of rotatable bonds is 4. The number of halogens is 1. The van der Waals surface area contributed by atoms with Gasteiger partial charge in [0.2, 0.25) is 0 Å². The lowest BCUT2D eigenvalue weighted by Crippen LogP contribution is -2.28. The number of hydrogen-bond acceptors (Lipinski definition) is 4. The zero-order chi connectivity index (χ0) is 19.7. The van der Waals surface area contributed by atoms with Gasteiger partial charge in [0.15, 0.2) is 0 Å². The van der Waals surface area contributed by atoms with Crippen LogP contribution in [0.2, 0.25) is 5.02 Å². The van der Waals surface area contributed by atoms with Gasteiger partial charge in [0.25, 0.3) is 11.7 Å². The van der Waals surface area contributed by atoms with Crippen LogP contribution in [-0.4, -0.2) is 21.7 Å². The number of amides is 1. The van der Waals surface area contributed by atoms with Gasteiger partial charge in [-0.3, -0.25) is 9.59 Å². The highest BCUT2D eigenvalue weighted by molar-refractivity contribution is 7.09. The Kier molecular flexibility index (Phi) is 5.03. The molecule has 0 saturated carbocycles. The second-order valence-electron chi connectivity index (χ2n) is 6.42. The maximum absolute atomic E-state index is 12.9. The molecule has 4 nitrogen and oxygen atoms in total. The molecule has 1 aromatic heterocycles. The predicted octanol–water partition coefficient (Wildman–Crippen LogP) is 5.02. The highest BCUT2D eigenvalue weighted by atomic mass is 35.5. The molecule has 1 atom stereocenters. The Bertz CT molecular complexity index is 1040. The van der Waals surface area contributed by atoms with Gasteiger partial charge in [-0.05, 0) is 29.1 Å². The maximum atomic E-state index is 12.9. The summed E-state index contributed by atoms with van der Waals surface area (Å²) in [4.78, 5) is 28.2. The van der Waals surface area contributed by atoms with Gasteiger partial charge >= 0.3 is 0 Å². The van der Waals surface area contributed by atoms with Crippen molar-refractivity contribution in [2.24, 2.45) is 0 Å². The van der Waals surface area contributed by atoms with E-state index < -0.39 is 17.7 Å². The molecule has 0 bridgehead atoms. The molecule has 1 fully saturated rings. The van der Waals surface area contributed by atoms with Gasteiger partial charge in [0.05, 0.1) is 18.2 Å². The van der Waals surface area contributed by atoms with Crippen LogP contribution in [0.15, 0.2) is 77.7 Å². The first-order valence-corrected chi connectivity index (χ1v) is 9.93. The molecular formula is C22H16ClNO3S. The third kappa shape index (κ3) is 3.35. The third-order valence-corrected chi connectivity index (χ3v) is 5.79. The van der Waals surface area contributed by atoms with Crippen molar-refractivity contribution in [1.29, 1.82) is 0 Å². The van der Waals surface area contributed by atoms with Crippen molar-refractivity contribution >= 4 is 40.4 Å². The summed E-state index contributed by atoms with van der Waals surface area (Å²) in [6, 6.07) is 18.9. The fourth-order valence-corrected chi connectivity index (χ4v) is 4.19. The topological polar surface area (TPSA) is 57.6 Å². The van der Waals surface area contributed by atoms with Gasteiger partial charge in [0, 0.05) is 15.5 Å². The van der Waals surface area contributed by atoms with Crippen molar-refractivity contribution in [2.75, 3.05) is 0 Å². The molecule has 1 aliphatic heterocycles. The van der Waals surface area contributed by atoms with Crippen molar-refractivity contribution in [3.63, 3.8) is 0 Å². The summed E-state index contributed by atoms with van der Waals surface area (Å²) in [5.41, 5.74) is 1.31. The number of nitrogens with zero attached hydrogens (tertiary/aromatic N) is 1. The number of ketones is 1. The van der Waals surface area contributed by atoms with E-state index in [-0.39, 0.29) is 11.3 Å². The first-order valence-electron chi connectivity index (χ1n) is 8.68. The number of benzene rings is 2. The van der Waals surface area contributed by atoms with Gasteiger partial charge < -0.3 is 10.0 Å². The molecule has 2 heterocycles. The summed E-state index contributed by atoms with van der Waals surface area (Å²) in [7, 11) is 0. The van der Waals surface area contributed by atoms with Crippen LogP contribution in [-0.2, 0) is 16.1 Å². The molecule has 140 valence electrons. The third-order valence-electron chi connectivity index (χ3n) is 4.68. The number of hydrogen-bond donors (Lipinski definition) is 1. The number of carbonyl (C=O) groups excluding carboxylic acids is 2. The Morgan fingerprint density at radius 1 is 1.00 bits per heavy atom. The molecule has 28 heavy (non-hydrogen) atoms. The predicted molar refractivity (Wildman–Crippen MR) is 110 cm³/mol. The Balaban J connectivity index is 1.86. The van der Waals surface area contributed by atoms with Crippen LogP contribution in [0.25, 0.3) is 5.76 Å². The van der Waals surface area contributed by atoms with Crippen LogP contribution in [0.4, 0.5) is 0 Å². The van der Waals surface area contributed by atoms with E-state index in [2.05, 4.69) is 0 Å². The normalized spacial score (nSPS) is 18.6. The number of thiophene rings is 1. The number of aliphatic hydroxyl groups is 1. The molecule has 4 rings (SSSR count). The molecule has 1 unspecified atom stereocenters. The minimum atomic E-state index is -0.683. The van der Waals surface area contributed by atoms with E-state index in [0.717, 1.165) is 10.4 Å². The molecule has 1 amide bonds. The van der Waals surface area contributed by atoms with Crippen LogP contribution >= 0.6 is 22.9 Å². The lowest BCUT2D eigenvalue weighted by atomic mass is 9.95. The second-order valence-corrected chi connectivity index (χ2v) is 7.89. The van der Waals surface area contributed by atoms with Gasteiger partial charge in [-0.2, -0.15) is 0 Å². The van der Waals surface area contributed by atoms with Gasteiger partial charge in [-0.15, -0.1) is 11.3 Å². The Hall–Kier alpha value is -2.89. The molecule has 1 aliphatic rings. The summed E-state index contributed by atoms with van der Waals surface area (Å²) in [6.07, 6.45) is 0. The van der Waals surface area contributed by atoms with Crippen LogP contribution in [0.1, 0.15) is 22.0 Å². The van der Waals surface area contributed by atoms with Crippen molar-refractivity contribution in [2.45, 2.75) is 12.6 Å². The van der Waals surface area contributed by atoms with E-state index in [0.29, 0.717) is 17.1 Å². The van der Waals surface area contributed by atoms with Crippen LogP contribution in [0.3, 0.4) is 0 Å². The summed E-state index contributed by atoms with van der Waals surface area (Å²) in [5.74, 6) is -1.48. The molecule has 1 saturated heterocycles. The zero-order valence-electron chi connectivity index (χ0n) is 14.7. The standard InChI is InChI=1S/C22H16ClNO3S/c23-16-10-8-14(9-11-16)19-18(20(25)15-5-2-1-3-6-15)21(26)22(27)24(19)13-17-7-4-12-28-17/h1-12,19,25H,13H2/b20-18+. The molecule has 0 aliphatic carbocycles. The average molecular weight is 410 g/mol. The smallest absolute Gasteiger partial charge is 0.295 e. The van der Waals surface area contributed by atoms with Gasteiger partial charge in [-0.1, -0.05) is 60.1 Å². The maximum Gasteiger partial charge on any atom is 0.295 e. The Labute approximate surface area is 171 Å². The number of likely N-dealkylation sites (tertiary alicyclic amines) is 1. The van der Waals surface area contributed by atoms with Crippen LogP contribution in [0, 0.1) is 0 Å². The van der Waals surface area contributed by atoms with E-state index in [1.165, 1.54) is 16.2 Å². The van der Waals surface area contributed by atoms with Crippen molar-refractivity contribution in [3.8, 4) is 0 Å². The number of aliphatic hydroxyl groups excluding tert-OH is 1. The first kappa shape index (κ1) is 18.5. The number of Topliss-reactive ketones (excluding diaryl/α,β-unsaturated/α-hetero) is 1. The zero-order valence-corrected chi connectivity index (χ0v) is 16.3. The molecule has 3 aromatic rings. The SMILES string of the molecule is O=C1C(=O)N(Cc2cccs2)C(c2ccc(Cl)cc2)/C1=C(\O)c1ccccc1. The molecule has 2 aromatic carbocycles. The Morgan fingerprint density at radius 2 is 1.71 bits per heavy atom. The van der Waals surface area contributed by atoms with Gasteiger partial charge in [0.1, 0.15) is 5.76 Å². The van der Waals surface area contributed by atoms with Crippen molar-refractivity contribution in [1.82, 2.24) is 4.90 Å². The molecule has 0 spiro atoms. The second kappa shape index (κ2) is 7.62. The monoisotopic (exact) mass is 409 g/mol. The fourth-order valence-electron chi connectivity index (χ4n) is 3.36. The minimum Gasteiger partial charge on any atom is -0.507 e. The molecule has 0 radical (unpaired) electrons. The molecule has 1 N–H and O–H groups in total. The van der Waals surface area contributed by atoms with E-state index in [4.69, 9.17) is 11.6 Å². The largest absolute Gasteiger partial charge is 0.507 e. The molecular weight excluding hydrogens is 394 g/mol. The number of carbonyl (C=O) groups is 2. The summed E-state index contributed by atoms with van der Waals surface area (Å²) >= 11 is 7.53. The van der Waals surface area contributed by atoms with Crippen LogP contribution < -0.4 is 0 Å². The highest BCUT2D eigenvalue weighted by Crippen LogP contribution is 2.40. The fraction of sp³-hybridized carbons (Fsp3) is 0.0909. The summed E-state index contributed by atoms with van der Waals surface area (Å²) in [6.45, 7) is 0.293. The highest BCUT2D eigenvalue weighted by Gasteiger charge is 2.46. The minimum absolute atomic E-state index is 0.0927. The first-order chi connectivity index (χ1) is 13.6. The van der Waals surface area contributed by atoms with Crippen molar-refractivity contribution in [3.05, 3.63) is 98.7 Å². The van der Waals surface area contributed by atoms with Crippen molar-refractivity contribution < 1.29 is 14.7 Å².